The predicted octanol–water partition coefficient (Wildman–Crippen LogP) is 2.82. The lowest BCUT2D eigenvalue weighted by molar-refractivity contribution is 0.0897. The molecule has 1 saturated heterocycles. The highest BCUT2D eigenvalue weighted by atomic mass is 16.1. The number of hydrogen-bond acceptors (Lipinski definition) is 4. The maximum absolute atomic E-state index is 12.9. The lowest BCUT2D eigenvalue weighted by Crippen LogP contribution is -2.39. The van der Waals surface area contributed by atoms with Crippen LogP contribution in [-0.2, 0) is 0 Å². The molecule has 0 aliphatic carbocycles. The largest absolute Gasteiger partial charge is 0.330 e. The average Bonchev–Trinajstić information content (AvgIpc) is 2.97. The zero-order chi connectivity index (χ0) is 18.7. The molecule has 1 aromatic heterocycles. The molecule has 3 rings (SSSR count). The van der Waals surface area contributed by atoms with Crippen molar-refractivity contribution in [3.05, 3.63) is 52.8 Å². The van der Waals surface area contributed by atoms with E-state index in [0.717, 1.165) is 55.1 Å². The second kappa shape index (κ2) is 7.86. The van der Waals surface area contributed by atoms with E-state index in [1.54, 1.807) is 12.1 Å². The van der Waals surface area contributed by atoms with Crippen LogP contribution in [-0.4, -0.2) is 41.4 Å². The Labute approximate surface area is 155 Å². The number of likely N-dealkylation sites (tertiary alicyclic amines) is 1. The van der Waals surface area contributed by atoms with Crippen LogP contribution in [0.15, 0.2) is 30.3 Å². The molecule has 2 N–H and O–H groups in total. The zero-order valence-electron chi connectivity index (χ0n) is 15.5. The van der Waals surface area contributed by atoms with E-state index in [4.69, 9.17) is 11.0 Å². The first-order chi connectivity index (χ1) is 12.5. The number of Topliss-reactive ketones (excluding diaryl/α,β-unsaturated/α-hetero) is 1. The summed E-state index contributed by atoms with van der Waals surface area (Å²) in [6.07, 6.45) is 2.15. The van der Waals surface area contributed by atoms with Gasteiger partial charge in [-0.1, -0.05) is 0 Å². The van der Waals surface area contributed by atoms with Crippen molar-refractivity contribution >= 4 is 5.78 Å². The van der Waals surface area contributed by atoms with Gasteiger partial charge in [0, 0.05) is 22.6 Å². The number of hydrogen-bond donors (Lipinski definition) is 1. The summed E-state index contributed by atoms with van der Waals surface area (Å²) in [5, 5.41) is 8.96. The van der Waals surface area contributed by atoms with Crippen LogP contribution in [0.25, 0.3) is 5.69 Å². The molecule has 0 atom stereocenters. The summed E-state index contributed by atoms with van der Waals surface area (Å²) in [5.41, 5.74) is 10.1. The maximum Gasteiger partial charge on any atom is 0.178 e. The van der Waals surface area contributed by atoms with Crippen molar-refractivity contribution in [2.75, 3.05) is 26.2 Å². The van der Waals surface area contributed by atoms with E-state index in [1.165, 1.54) is 0 Å². The Balaban J connectivity index is 1.76. The van der Waals surface area contributed by atoms with E-state index in [9.17, 15) is 4.79 Å². The third-order valence-corrected chi connectivity index (χ3v) is 5.39. The number of rotatable bonds is 5. The Bertz CT molecular complexity index is 821. The van der Waals surface area contributed by atoms with E-state index >= 15 is 0 Å². The van der Waals surface area contributed by atoms with Crippen molar-refractivity contribution in [1.82, 2.24) is 9.47 Å². The third-order valence-electron chi connectivity index (χ3n) is 5.39. The van der Waals surface area contributed by atoms with E-state index in [1.807, 2.05) is 32.0 Å². The van der Waals surface area contributed by atoms with Gasteiger partial charge in [-0.2, -0.15) is 5.26 Å². The van der Waals surface area contributed by atoms with Crippen molar-refractivity contribution < 1.29 is 4.79 Å². The molecule has 0 bridgehead atoms. The summed E-state index contributed by atoms with van der Waals surface area (Å²) in [6, 6.07) is 11.6. The summed E-state index contributed by atoms with van der Waals surface area (Å²) in [4.78, 5) is 15.1. The maximum atomic E-state index is 12.9. The van der Waals surface area contributed by atoms with E-state index in [0.29, 0.717) is 18.0 Å². The van der Waals surface area contributed by atoms with Gasteiger partial charge in [0.25, 0.3) is 0 Å². The standard InChI is InChI=1S/C21H26N4O/c1-15-11-20(21(26)14-24-9-7-18(13-23)8-10-24)16(2)25(15)19-5-3-17(12-22)4-6-19/h3-6,11,18H,7-10,13-14,23H2,1-2H3. The smallest absolute Gasteiger partial charge is 0.178 e. The Morgan fingerprint density at radius 3 is 2.46 bits per heavy atom. The highest BCUT2D eigenvalue weighted by Crippen LogP contribution is 2.23. The van der Waals surface area contributed by atoms with Gasteiger partial charge >= 0.3 is 0 Å². The highest BCUT2D eigenvalue weighted by molar-refractivity contribution is 5.99. The van der Waals surface area contributed by atoms with Crippen molar-refractivity contribution in [3.8, 4) is 11.8 Å². The van der Waals surface area contributed by atoms with Gasteiger partial charge in [-0.3, -0.25) is 9.69 Å². The molecule has 0 radical (unpaired) electrons. The summed E-state index contributed by atoms with van der Waals surface area (Å²) in [7, 11) is 0. The Morgan fingerprint density at radius 1 is 1.23 bits per heavy atom. The second-order valence-electron chi connectivity index (χ2n) is 7.16. The van der Waals surface area contributed by atoms with Crippen molar-refractivity contribution in [3.63, 3.8) is 0 Å². The quantitative estimate of drug-likeness (QED) is 0.842. The number of carbonyl (C=O) groups is 1. The molecule has 1 fully saturated rings. The predicted molar refractivity (Wildman–Crippen MR) is 103 cm³/mol. The minimum absolute atomic E-state index is 0.171. The summed E-state index contributed by atoms with van der Waals surface area (Å²) >= 11 is 0. The Hall–Kier alpha value is -2.42. The van der Waals surface area contributed by atoms with Crippen LogP contribution >= 0.6 is 0 Å². The SMILES string of the molecule is Cc1cc(C(=O)CN2CCC(CN)CC2)c(C)n1-c1ccc(C#N)cc1. The second-order valence-corrected chi connectivity index (χ2v) is 7.16. The van der Waals surface area contributed by atoms with Gasteiger partial charge in [0.05, 0.1) is 18.2 Å². The number of nitrogens with two attached hydrogens (primary N) is 1. The van der Waals surface area contributed by atoms with Gasteiger partial charge in [-0.25, -0.2) is 0 Å². The lowest BCUT2D eigenvalue weighted by atomic mass is 9.97. The fraction of sp³-hybridized carbons (Fsp3) is 0.429. The molecule has 5 heteroatoms. The molecular weight excluding hydrogens is 324 g/mol. The van der Waals surface area contributed by atoms with Crippen LogP contribution in [0.4, 0.5) is 0 Å². The Morgan fingerprint density at radius 2 is 1.88 bits per heavy atom. The lowest BCUT2D eigenvalue weighted by Gasteiger charge is -2.30. The van der Waals surface area contributed by atoms with Crippen molar-refractivity contribution in [1.29, 1.82) is 5.26 Å². The van der Waals surface area contributed by atoms with E-state index in [2.05, 4.69) is 15.5 Å². The summed E-state index contributed by atoms with van der Waals surface area (Å²) < 4.78 is 2.08. The molecular formula is C21H26N4O. The van der Waals surface area contributed by atoms with Gasteiger partial charge in [0.15, 0.2) is 5.78 Å². The Kier molecular flexibility index (Phi) is 5.55. The van der Waals surface area contributed by atoms with Crippen LogP contribution in [0.3, 0.4) is 0 Å². The fourth-order valence-corrected chi connectivity index (χ4v) is 3.80. The van der Waals surface area contributed by atoms with Crippen molar-refractivity contribution in [2.45, 2.75) is 26.7 Å². The monoisotopic (exact) mass is 350 g/mol. The number of piperidine rings is 1. The number of aryl methyl sites for hydroxylation is 1. The minimum Gasteiger partial charge on any atom is -0.330 e. The molecule has 0 unspecified atom stereocenters. The van der Waals surface area contributed by atoms with Gasteiger partial charge in [0.1, 0.15) is 0 Å². The first kappa shape index (κ1) is 18.4. The van der Waals surface area contributed by atoms with Gasteiger partial charge in [-0.05, 0) is 82.6 Å². The van der Waals surface area contributed by atoms with Crippen molar-refractivity contribution in [2.24, 2.45) is 11.7 Å². The molecule has 0 spiro atoms. The number of carbonyl (C=O) groups excluding carboxylic acids is 1. The molecule has 0 saturated carbocycles. The topological polar surface area (TPSA) is 75.0 Å². The number of benzene rings is 1. The van der Waals surface area contributed by atoms with Gasteiger partial charge in [0.2, 0.25) is 0 Å². The van der Waals surface area contributed by atoms with Gasteiger partial charge < -0.3 is 10.3 Å². The molecule has 2 aromatic rings. The molecule has 136 valence electrons. The van der Waals surface area contributed by atoms with Crippen LogP contribution in [0.2, 0.25) is 0 Å². The zero-order valence-corrected chi connectivity index (χ0v) is 15.5. The average molecular weight is 350 g/mol. The minimum atomic E-state index is 0.171. The van der Waals surface area contributed by atoms with Gasteiger partial charge in [-0.15, -0.1) is 0 Å². The van der Waals surface area contributed by atoms with Crippen LogP contribution in [0.1, 0.15) is 40.2 Å². The van der Waals surface area contributed by atoms with Crippen LogP contribution < -0.4 is 5.73 Å². The first-order valence-corrected chi connectivity index (χ1v) is 9.18. The third kappa shape index (κ3) is 3.72. The molecule has 1 aromatic carbocycles. The number of nitrogens with zero attached hydrogens (tertiary/aromatic N) is 3. The molecule has 26 heavy (non-hydrogen) atoms. The van der Waals surface area contributed by atoms with E-state index in [-0.39, 0.29) is 5.78 Å². The highest BCUT2D eigenvalue weighted by Gasteiger charge is 2.22. The number of ketones is 1. The van der Waals surface area contributed by atoms with Crippen LogP contribution in [0, 0.1) is 31.1 Å². The first-order valence-electron chi connectivity index (χ1n) is 9.18. The number of aromatic nitrogens is 1. The summed E-state index contributed by atoms with van der Waals surface area (Å²) in [5.74, 6) is 0.770. The molecule has 1 aliphatic rings. The molecule has 5 nitrogen and oxygen atoms in total. The fourth-order valence-electron chi connectivity index (χ4n) is 3.80. The number of nitriles is 1. The molecule has 2 heterocycles. The van der Waals surface area contributed by atoms with E-state index < -0.39 is 0 Å². The summed E-state index contributed by atoms with van der Waals surface area (Å²) in [6.45, 7) is 7.10. The molecule has 1 aliphatic heterocycles. The van der Waals surface area contributed by atoms with Crippen LogP contribution in [0.5, 0.6) is 0 Å². The molecule has 0 amide bonds. The normalized spacial score (nSPS) is 15.8.